The molecule has 0 saturated heterocycles. The van der Waals surface area contributed by atoms with Crippen LogP contribution >= 0.6 is 11.8 Å². The Labute approximate surface area is 209 Å². The fourth-order valence-electron chi connectivity index (χ4n) is 3.39. The minimum Gasteiger partial charge on any atom is -0.444 e. The van der Waals surface area contributed by atoms with Crippen molar-refractivity contribution in [3.8, 4) is 0 Å². The summed E-state index contributed by atoms with van der Waals surface area (Å²) in [6.45, 7) is 16.8. The van der Waals surface area contributed by atoms with Gasteiger partial charge in [-0.05, 0) is 78.0 Å². The molecule has 0 fully saturated rings. The van der Waals surface area contributed by atoms with Crippen LogP contribution in [0.15, 0.2) is 36.9 Å². The number of thioether (sulfide) groups is 1. The summed E-state index contributed by atoms with van der Waals surface area (Å²) in [5.41, 5.74) is 0.418. The van der Waals surface area contributed by atoms with Crippen LogP contribution in [0.2, 0.25) is 0 Å². The largest absolute Gasteiger partial charge is 0.444 e. The smallest absolute Gasteiger partial charge is 0.408 e. The highest BCUT2D eigenvalue weighted by molar-refractivity contribution is 7.98. The predicted octanol–water partition coefficient (Wildman–Crippen LogP) is 4.61. The molecule has 190 valence electrons. The van der Waals surface area contributed by atoms with E-state index in [9.17, 15) is 14.4 Å². The number of carbonyl (C=O) groups excluding carboxylic acids is 3. The lowest BCUT2D eigenvalue weighted by Crippen LogP contribution is -2.55. The van der Waals surface area contributed by atoms with Gasteiger partial charge in [0, 0.05) is 12.1 Å². The molecule has 0 aliphatic carbocycles. The van der Waals surface area contributed by atoms with Crippen molar-refractivity contribution in [1.29, 1.82) is 0 Å². The first-order valence-electron chi connectivity index (χ1n) is 11.5. The Bertz CT molecular complexity index is 858. The molecule has 0 spiro atoms. The summed E-state index contributed by atoms with van der Waals surface area (Å²) >= 11 is 1.57. The predicted molar refractivity (Wildman–Crippen MR) is 140 cm³/mol. The maximum absolute atomic E-state index is 13.9. The molecular formula is C26H41N3O4S. The third-order valence-electron chi connectivity index (χ3n) is 4.75. The molecule has 2 N–H and O–H groups in total. The maximum atomic E-state index is 13.9. The molecule has 8 heteroatoms. The molecule has 2 unspecified atom stereocenters. The van der Waals surface area contributed by atoms with Gasteiger partial charge in [0.25, 0.3) is 0 Å². The van der Waals surface area contributed by atoms with Gasteiger partial charge >= 0.3 is 6.09 Å². The first-order chi connectivity index (χ1) is 15.7. The van der Waals surface area contributed by atoms with E-state index in [4.69, 9.17) is 4.74 Å². The van der Waals surface area contributed by atoms with E-state index in [1.54, 1.807) is 38.6 Å². The molecule has 0 saturated carbocycles. The van der Waals surface area contributed by atoms with Gasteiger partial charge in [-0.2, -0.15) is 11.8 Å². The molecule has 34 heavy (non-hydrogen) atoms. The second-order valence-corrected chi connectivity index (χ2v) is 11.2. The fraction of sp³-hybridized carbons (Fsp3) is 0.577. The highest BCUT2D eigenvalue weighted by Crippen LogP contribution is 2.27. The highest BCUT2D eigenvalue weighted by Gasteiger charge is 2.37. The Hall–Kier alpha value is -2.48. The van der Waals surface area contributed by atoms with Gasteiger partial charge in [0.15, 0.2) is 0 Å². The number of amides is 3. The van der Waals surface area contributed by atoms with Crippen LogP contribution in [0.1, 0.15) is 65.1 Å². The van der Waals surface area contributed by atoms with Gasteiger partial charge in [0.2, 0.25) is 11.8 Å². The van der Waals surface area contributed by atoms with E-state index in [-0.39, 0.29) is 18.4 Å². The van der Waals surface area contributed by atoms with Crippen LogP contribution in [-0.2, 0) is 14.3 Å². The van der Waals surface area contributed by atoms with Crippen LogP contribution in [-0.4, -0.2) is 58.5 Å². The quantitative estimate of drug-likeness (QED) is 0.467. The zero-order chi connectivity index (χ0) is 26.1. The molecule has 0 bridgehead atoms. The van der Waals surface area contributed by atoms with Crippen molar-refractivity contribution in [1.82, 2.24) is 15.5 Å². The standard InChI is InChI=1S/C26H41N3O4S/c1-10-16-29(23(31)20(15-17-34-9)27-24(32)33-26(6,7)8)21(22(30)28-25(3,4)5)19-14-12-11-13-18(19)2/h10-14,20-21H,1,15-17H2,2-9H3,(H,27,32)(H,28,30). The van der Waals surface area contributed by atoms with Crippen molar-refractivity contribution in [2.24, 2.45) is 0 Å². The Kier molecular flexibility index (Phi) is 11.2. The van der Waals surface area contributed by atoms with Gasteiger partial charge in [-0.25, -0.2) is 4.79 Å². The van der Waals surface area contributed by atoms with Crippen molar-refractivity contribution < 1.29 is 19.1 Å². The van der Waals surface area contributed by atoms with Gasteiger partial charge in [-0.3, -0.25) is 9.59 Å². The van der Waals surface area contributed by atoms with E-state index < -0.39 is 29.3 Å². The van der Waals surface area contributed by atoms with Gasteiger partial charge in [-0.1, -0.05) is 30.3 Å². The molecule has 0 heterocycles. The van der Waals surface area contributed by atoms with Crippen molar-refractivity contribution >= 4 is 29.7 Å². The number of carbonyl (C=O) groups is 3. The zero-order valence-electron chi connectivity index (χ0n) is 21.9. The number of rotatable bonds is 10. The van der Waals surface area contributed by atoms with Crippen LogP contribution in [0.5, 0.6) is 0 Å². The lowest BCUT2D eigenvalue weighted by molar-refractivity contribution is -0.142. The number of aryl methyl sites for hydroxylation is 1. The molecule has 1 rings (SSSR count). The maximum Gasteiger partial charge on any atom is 0.408 e. The number of nitrogens with zero attached hydrogens (tertiary/aromatic N) is 1. The van der Waals surface area contributed by atoms with E-state index in [2.05, 4.69) is 17.2 Å². The van der Waals surface area contributed by atoms with E-state index in [0.29, 0.717) is 12.2 Å². The summed E-state index contributed by atoms with van der Waals surface area (Å²) < 4.78 is 5.39. The van der Waals surface area contributed by atoms with Crippen LogP contribution in [0, 0.1) is 6.92 Å². The lowest BCUT2D eigenvalue weighted by Gasteiger charge is -2.36. The molecule has 0 radical (unpaired) electrons. The second-order valence-electron chi connectivity index (χ2n) is 10.3. The summed E-state index contributed by atoms with van der Waals surface area (Å²) in [7, 11) is 0. The molecule has 2 atom stereocenters. The third-order valence-corrected chi connectivity index (χ3v) is 5.39. The molecular weight excluding hydrogens is 450 g/mol. The minimum absolute atomic E-state index is 0.140. The number of benzene rings is 1. The Morgan fingerprint density at radius 2 is 1.76 bits per heavy atom. The average molecular weight is 492 g/mol. The van der Waals surface area contributed by atoms with Crippen LogP contribution in [0.25, 0.3) is 0 Å². The molecule has 1 aromatic carbocycles. The Balaban J connectivity index is 3.45. The van der Waals surface area contributed by atoms with Gasteiger partial charge in [-0.15, -0.1) is 6.58 Å². The summed E-state index contributed by atoms with van der Waals surface area (Å²) in [4.78, 5) is 41.4. The number of hydrogen-bond acceptors (Lipinski definition) is 5. The number of hydrogen-bond donors (Lipinski definition) is 2. The Morgan fingerprint density at radius 1 is 1.15 bits per heavy atom. The first-order valence-corrected chi connectivity index (χ1v) is 12.9. The SMILES string of the molecule is C=CCN(C(=O)C(CCSC)NC(=O)OC(C)(C)C)C(C(=O)NC(C)(C)C)c1ccccc1C. The summed E-state index contributed by atoms with van der Waals surface area (Å²) in [6.07, 6.45) is 3.25. The van der Waals surface area contributed by atoms with E-state index in [1.165, 1.54) is 4.90 Å². The van der Waals surface area contributed by atoms with Crippen LogP contribution in [0.3, 0.4) is 0 Å². The minimum atomic E-state index is -0.886. The van der Waals surface area contributed by atoms with Crippen molar-refractivity contribution in [2.75, 3.05) is 18.6 Å². The first kappa shape index (κ1) is 29.6. The topological polar surface area (TPSA) is 87.7 Å². The van der Waals surface area contributed by atoms with Crippen molar-refractivity contribution in [3.05, 3.63) is 48.0 Å². The van der Waals surface area contributed by atoms with E-state index >= 15 is 0 Å². The monoisotopic (exact) mass is 491 g/mol. The third kappa shape index (κ3) is 9.79. The van der Waals surface area contributed by atoms with Gasteiger partial charge in [0.1, 0.15) is 17.7 Å². The molecule has 0 aliphatic rings. The lowest BCUT2D eigenvalue weighted by atomic mass is 9.96. The normalized spacial score (nSPS) is 13.4. The van der Waals surface area contributed by atoms with Crippen molar-refractivity contribution in [3.63, 3.8) is 0 Å². The van der Waals surface area contributed by atoms with Crippen LogP contribution < -0.4 is 10.6 Å². The highest BCUT2D eigenvalue weighted by atomic mass is 32.2. The van der Waals surface area contributed by atoms with Crippen LogP contribution in [0.4, 0.5) is 4.79 Å². The van der Waals surface area contributed by atoms with E-state index in [1.807, 2.05) is 58.2 Å². The zero-order valence-corrected chi connectivity index (χ0v) is 22.7. The summed E-state index contributed by atoms with van der Waals surface area (Å²) in [5, 5.41) is 5.73. The van der Waals surface area contributed by atoms with Gasteiger partial charge < -0.3 is 20.3 Å². The molecule has 3 amide bonds. The van der Waals surface area contributed by atoms with Crippen molar-refractivity contribution in [2.45, 2.75) is 78.1 Å². The number of nitrogens with one attached hydrogen (secondary N) is 2. The number of ether oxygens (including phenoxy) is 1. The number of alkyl carbamates (subject to hydrolysis) is 1. The molecule has 0 aromatic heterocycles. The molecule has 1 aromatic rings. The average Bonchev–Trinajstić information content (AvgIpc) is 2.68. The van der Waals surface area contributed by atoms with Gasteiger partial charge in [0.05, 0.1) is 0 Å². The summed E-state index contributed by atoms with van der Waals surface area (Å²) in [5.74, 6) is -0.00725. The molecule has 0 aliphatic heterocycles. The van der Waals surface area contributed by atoms with E-state index in [0.717, 1.165) is 11.1 Å². The second kappa shape index (κ2) is 12.8. The molecule has 7 nitrogen and oxygen atoms in total. The summed E-state index contributed by atoms with van der Waals surface area (Å²) in [6, 6.07) is 5.76. The Morgan fingerprint density at radius 3 is 2.26 bits per heavy atom. The fourth-order valence-corrected chi connectivity index (χ4v) is 3.86.